The molecule has 0 aromatic carbocycles. The summed E-state index contributed by atoms with van der Waals surface area (Å²) in [7, 11) is 2.14. The summed E-state index contributed by atoms with van der Waals surface area (Å²) in [4.78, 5) is 6.93. The Morgan fingerprint density at radius 3 is 3.00 bits per heavy atom. The summed E-state index contributed by atoms with van der Waals surface area (Å²) >= 11 is 2.02. The van der Waals surface area contributed by atoms with Crippen molar-refractivity contribution in [2.45, 2.75) is 25.9 Å². The summed E-state index contributed by atoms with van der Waals surface area (Å²) in [5.41, 5.74) is 7.97. The van der Waals surface area contributed by atoms with E-state index in [9.17, 15) is 0 Å². The molecule has 0 radical (unpaired) electrons. The average Bonchev–Trinajstić information content (AvgIpc) is 2.81. The monoisotopic (exact) mass is 237 g/mol. The highest BCUT2D eigenvalue weighted by atomic mass is 32.2. The Kier molecular flexibility index (Phi) is 3.71. The van der Waals surface area contributed by atoms with Crippen LogP contribution in [-0.2, 0) is 6.54 Å². The molecule has 0 aliphatic carbocycles. The van der Waals surface area contributed by atoms with Gasteiger partial charge in [-0.15, -0.1) is 0 Å². The third kappa shape index (κ3) is 2.33. The number of hydrogen-bond donors (Lipinski definition) is 1. The third-order valence-electron chi connectivity index (χ3n) is 3.10. The zero-order valence-corrected chi connectivity index (χ0v) is 10.8. The van der Waals surface area contributed by atoms with Gasteiger partial charge < -0.3 is 10.6 Å². The first-order valence-electron chi connectivity index (χ1n) is 5.69. The standard InChI is InChI=1S/C12H19N3S/c1-9-3-4-10(7-13)12(14-9)15(2)11-5-6-16-8-11/h3-4,11H,5-8,13H2,1-2H3. The third-order valence-corrected chi connectivity index (χ3v) is 4.25. The zero-order chi connectivity index (χ0) is 11.5. The van der Waals surface area contributed by atoms with Crippen LogP contribution in [0.15, 0.2) is 12.1 Å². The van der Waals surface area contributed by atoms with Crippen molar-refractivity contribution in [2.75, 3.05) is 23.5 Å². The molecule has 0 bridgehead atoms. The molecule has 1 aliphatic rings. The highest BCUT2D eigenvalue weighted by molar-refractivity contribution is 7.99. The second kappa shape index (κ2) is 5.06. The smallest absolute Gasteiger partial charge is 0.133 e. The largest absolute Gasteiger partial charge is 0.356 e. The van der Waals surface area contributed by atoms with Crippen LogP contribution in [0.25, 0.3) is 0 Å². The van der Waals surface area contributed by atoms with Gasteiger partial charge in [0.25, 0.3) is 0 Å². The predicted octanol–water partition coefficient (Wildman–Crippen LogP) is 1.79. The summed E-state index contributed by atoms with van der Waals surface area (Å²) < 4.78 is 0. The van der Waals surface area contributed by atoms with Crippen LogP contribution in [0.2, 0.25) is 0 Å². The minimum Gasteiger partial charge on any atom is -0.356 e. The predicted molar refractivity (Wildman–Crippen MR) is 71.0 cm³/mol. The van der Waals surface area contributed by atoms with Gasteiger partial charge >= 0.3 is 0 Å². The lowest BCUT2D eigenvalue weighted by Crippen LogP contribution is -2.33. The molecule has 1 aliphatic heterocycles. The van der Waals surface area contributed by atoms with Crippen LogP contribution in [-0.4, -0.2) is 29.6 Å². The molecule has 1 aromatic rings. The minimum atomic E-state index is 0.562. The first-order chi connectivity index (χ1) is 7.72. The topological polar surface area (TPSA) is 42.1 Å². The Bertz CT molecular complexity index is 361. The highest BCUT2D eigenvalue weighted by Crippen LogP contribution is 2.26. The van der Waals surface area contributed by atoms with E-state index in [0.717, 1.165) is 17.1 Å². The maximum Gasteiger partial charge on any atom is 0.133 e. The van der Waals surface area contributed by atoms with Crippen LogP contribution in [0, 0.1) is 6.92 Å². The first-order valence-corrected chi connectivity index (χ1v) is 6.85. The van der Waals surface area contributed by atoms with E-state index in [1.807, 2.05) is 24.8 Å². The van der Waals surface area contributed by atoms with Crippen molar-refractivity contribution in [3.8, 4) is 0 Å². The Morgan fingerprint density at radius 1 is 1.56 bits per heavy atom. The Hall–Kier alpha value is -0.740. The molecule has 16 heavy (non-hydrogen) atoms. The Balaban J connectivity index is 2.26. The van der Waals surface area contributed by atoms with Crippen molar-refractivity contribution in [1.29, 1.82) is 0 Å². The van der Waals surface area contributed by atoms with Crippen LogP contribution in [0.3, 0.4) is 0 Å². The van der Waals surface area contributed by atoms with Crippen molar-refractivity contribution in [1.82, 2.24) is 4.98 Å². The number of pyridine rings is 1. The van der Waals surface area contributed by atoms with Gasteiger partial charge in [-0.25, -0.2) is 4.98 Å². The molecular weight excluding hydrogens is 218 g/mol. The number of rotatable bonds is 3. The summed E-state index contributed by atoms with van der Waals surface area (Å²) in [6.07, 6.45) is 1.25. The SMILES string of the molecule is Cc1ccc(CN)c(N(C)C2CCSC2)n1. The minimum absolute atomic E-state index is 0.562. The molecule has 1 aromatic heterocycles. The molecule has 1 saturated heterocycles. The van der Waals surface area contributed by atoms with Crippen molar-refractivity contribution in [3.05, 3.63) is 23.4 Å². The van der Waals surface area contributed by atoms with Gasteiger partial charge in [-0.3, -0.25) is 0 Å². The van der Waals surface area contributed by atoms with Crippen LogP contribution in [0.1, 0.15) is 17.7 Å². The molecule has 88 valence electrons. The maximum absolute atomic E-state index is 5.77. The highest BCUT2D eigenvalue weighted by Gasteiger charge is 2.22. The molecule has 4 heteroatoms. The summed E-state index contributed by atoms with van der Waals surface area (Å²) in [5.74, 6) is 3.53. The Labute approximate surface area is 101 Å². The Morgan fingerprint density at radius 2 is 2.38 bits per heavy atom. The van der Waals surface area contributed by atoms with Crippen molar-refractivity contribution >= 4 is 17.6 Å². The summed E-state index contributed by atoms with van der Waals surface area (Å²) in [6, 6.07) is 4.74. The van der Waals surface area contributed by atoms with Gasteiger partial charge in [0, 0.05) is 36.6 Å². The lowest BCUT2D eigenvalue weighted by molar-refractivity contribution is 0.686. The van der Waals surface area contributed by atoms with E-state index in [1.54, 1.807) is 0 Å². The van der Waals surface area contributed by atoms with E-state index >= 15 is 0 Å². The van der Waals surface area contributed by atoms with Gasteiger partial charge in [0.05, 0.1) is 0 Å². The fourth-order valence-corrected chi connectivity index (χ4v) is 3.30. The van der Waals surface area contributed by atoms with E-state index in [1.165, 1.54) is 17.9 Å². The molecular formula is C12H19N3S. The number of aromatic nitrogens is 1. The second-order valence-electron chi connectivity index (χ2n) is 4.27. The number of nitrogens with zero attached hydrogens (tertiary/aromatic N) is 2. The molecule has 1 atom stereocenters. The summed E-state index contributed by atoms with van der Waals surface area (Å²) in [5, 5.41) is 0. The number of hydrogen-bond acceptors (Lipinski definition) is 4. The van der Waals surface area contributed by atoms with Gasteiger partial charge in [-0.2, -0.15) is 11.8 Å². The normalized spacial score (nSPS) is 20.1. The van der Waals surface area contributed by atoms with Gasteiger partial charge in [0.2, 0.25) is 0 Å². The van der Waals surface area contributed by atoms with Gasteiger partial charge in [-0.1, -0.05) is 6.07 Å². The molecule has 0 spiro atoms. The van der Waals surface area contributed by atoms with E-state index in [2.05, 4.69) is 23.0 Å². The maximum atomic E-state index is 5.77. The lowest BCUT2D eigenvalue weighted by atomic mass is 10.2. The number of aryl methyl sites for hydroxylation is 1. The molecule has 1 fully saturated rings. The number of nitrogens with two attached hydrogens (primary N) is 1. The van der Waals surface area contributed by atoms with E-state index in [0.29, 0.717) is 12.6 Å². The van der Waals surface area contributed by atoms with E-state index in [4.69, 9.17) is 5.73 Å². The quantitative estimate of drug-likeness (QED) is 0.870. The fraction of sp³-hybridized carbons (Fsp3) is 0.583. The van der Waals surface area contributed by atoms with Gasteiger partial charge in [0.1, 0.15) is 5.82 Å². The fourth-order valence-electron chi connectivity index (χ4n) is 2.04. The molecule has 2 heterocycles. The molecule has 0 amide bonds. The van der Waals surface area contributed by atoms with Crippen LogP contribution in [0.4, 0.5) is 5.82 Å². The van der Waals surface area contributed by atoms with Gasteiger partial charge in [0.15, 0.2) is 0 Å². The van der Waals surface area contributed by atoms with Crippen LogP contribution < -0.4 is 10.6 Å². The first kappa shape index (κ1) is 11.7. The van der Waals surface area contributed by atoms with E-state index < -0.39 is 0 Å². The summed E-state index contributed by atoms with van der Waals surface area (Å²) in [6.45, 7) is 2.59. The zero-order valence-electron chi connectivity index (χ0n) is 9.94. The molecule has 2 N–H and O–H groups in total. The molecule has 1 unspecified atom stereocenters. The van der Waals surface area contributed by atoms with Crippen molar-refractivity contribution < 1.29 is 0 Å². The van der Waals surface area contributed by atoms with Crippen molar-refractivity contribution in [2.24, 2.45) is 5.73 Å². The van der Waals surface area contributed by atoms with Crippen LogP contribution >= 0.6 is 11.8 Å². The number of thioether (sulfide) groups is 1. The van der Waals surface area contributed by atoms with Crippen molar-refractivity contribution in [3.63, 3.8) is 0 Å². The molecule has 3 nitrogen and oxygen atoms in total. The lowest BCUT2D eigenvalue weighted by Gasteiger charge is -2.27. The average molecular weight is 237 g/mol. The molecule has 0 saturated carbocycles. The second-order valence-corrected chi connectivity index (χ2v) is 5.42. The molecule has 2 rings (SSSR count). The van der Waals surface area contributed by atoms with Gasteiger partial charge in [-0.05, 0) is 25.2 Å². The van der Waals surface area contributed by atoms with Crippen LogP contribution in [0.5, 0.6) is 0 Å². The number of anilines is 1. The van der Waals surface area contributed by atoms with E-state index in [-0.39, 0.29) is 0 Å².